The molecule has 1 unspecified atom stereocenters. The lowest BCUT2D eigenvalue weighted by atomic mass is 9.78. The van der Waals surface area contributed by atoms with E-state index in [1.165, 1.54) is 6.07 Å². The Balaban J connectivity index is 1.75. The summed E-state index contributed by atoms with van der Waals surface area (Å²) in [6, 6.07) is 1.51. The summed E-state index contributed by atoms with van der Waals surface area (Å²) in [5, 5.41) is 21.1. The summed E-state index contributed by atoms with van der Waals surface area (Å²) in [4.78, 5) is 25.8. The predicted octanol–water partition coefficient (Wildman–Crippen LogP) is 4.10. The number of fused-ring (bicyclic) bond motifs is 1. The van der Waals surface area contributed by atoms with Crippen molar-refractivity contribution in [2.75, 3.05) is 6.56 Å². The molecule has 2 aliphatic rings. The molecule has 3 N–H and O–H groups in total. The Labute approximate surface area is 237 Å². The van der Waals surface area contributed by atoms with Crippen LogP contribution in [0.4, 0.5) is 8.78 Å². The van der Waals surface area contributed by atoms with Crippen LogP contribution in [0.3, 0.4) is 0 Å². The van der Waals surface area contributed by atoms with Crippen LogP contribution < -0.4 is 10.2 Å². The molecule has 4 rings (SSSR count). The SMILES string of the molecule is [2H]C([2H])(OP1(=O)OCc2c(F)c(C(C)(C)C)cc(C(C)(C)C)c2O1)[C@@]1(F)O[C@@]([2H])(n2cc(C=O)c(=S)[nH]c2=O)[C@H](O)[C@@H]1O. The summed E-state index contributed by atoms with van der Waals surface area (Å²) in [7, 11) is -5.17. The van der Waals surface area contributed by atoms with Gasteiger partial charge in [0, 0.05) is 11.8 Å². The molecule has 0 saturated carbocycles. The van der Waals surface area contributed by atoms with E-state index in [9.17, 15) is 24.4 Å². The number of aromatic nitrogens is 2. The van der Waals surface area contributed by atoms with Crippen molar-refractivity contribution >= 4 is 26.3 Å². The second kappa shape index (κ2) is 10.2. The molecule has 11 nitrogen and oxygen atoms in total. The maximum Gasteiger partial charge on any atom is 0.530 e. The largest absolute Gasteiger partial charge is 0.530 e. The van der Waals surface area contributed by atoms with Gasteiger partial charge in [0.2, 0.25) is 0 Å². The molecule has 0 amide bonds. The van der Waals surface area contributed by atoms with E-state index >= 15 is 8.78 Å². The number of alkyl halides is 1. The number of nitrogens with one attached hydrogen (secondary N) is 1. The number of aldehydes is 1. The molecule has 2 aromatic rings. The monoisotopic (exact) mass is 607 g/mol. The summed E-state index contributed by atoms with van der Waals surface area (Å²) in [5.41, 5.74) is -2.52. The summed E-state index contributed by atoms with van der Waals surface area (Å²) in [6.45, 7) is 5.89. The lowest BCUT2D eigenvalue weighted by molar-refractivity contribution is -0.205. The first kappa shape index (κ1) is 26.6. The van der Waals surface area contributed by atoms with E-state index in [0.717, 1.165) is 0 Å². The van der Waals surface area contributed by atoms with Crippen molar-refractivity contribution in [3.63, 3.8) is 0 Å². The number of ether oxygens (including phenoxy) is 1. The molecule has 0 bridgehead atoms. The summed E-state index contributed by atoms with van der Waals surface area (Å²) < 4.78 is 90.5. The van der Waals surface area contributed by atoms with Crippen LogP contribution >= 0.6 is 20.0 Å². The Kier molecular flexibility index (Phi) is 6.77. The van der Waals surface area contributed by atoms with Gasteiger partial charge in [0.1, 0.15) is 35.0 Å². The number of aliphatic hydroxyl groups excluding tert-OH is 2. The number of carbonyl (C=O) groups is 1. The first-order valence-electron chi connectivity index (χ1n) is 13.5. The number of aromatic amines is 1. The molecule has 0 radical (unpaired) electrons. The maximum atomic E-state index is 16.3. The van der Waals surface area contributed by atoms with Gasteiger partial charge in [0.15, 0.2) is 12.5 Å². The minimum atomic E-state index is -5.17. The fourth-order valence-corrected chi connectivity index (χ4v) is 5.38. The van der Waals surface area contributed by atoms with Crippen LogP contribution in [0, 0.1) is 10.5 Å². The Morgan fingerprint density at radius 1 is 1.32 bits per heavy atom. The average Bonchev–Trinajstić information content (AvgIpc) is 3.03. The zero-order valence-electron chi connectivity index (χ0n) is 25.4. The molecule has 1 aromatic carbocycles. The van der Waals surface area contributed by atoms with E-state index in [0.29, 0.717) is 17.3 Å². The number of benzene rings is 1. The fourth-order valence-electron chi connectivity index (χ4n) is 4.10. The van der Waals surface area contributed by atoms with Crippen LogP contribution in [0.1, 0.15) is 78.9 Å². The Morgan fingerprint density at radius 2 is 1.95 bits per heavy atom. The van der Waals surface area contributed by atoms with Crippen molar-refractivity contribution < 1.29 is 50.8 Å². The van der Waals surface area contributed by atoms with E-state index in [1.807, 2.05) is 4.98 Å². The zero-order valence-corrected chi connectivity index (χ0v) is 24.1. The number of phosphoric ester groups is 1. The first-order valence-corrected chi connectivity index (χ1v) is 13.9. The highest BCUT2D eigenvalue weighted by Gasteiger charge is 2.58. The molecule has 220 valence electrons. The van der Waals surface area contributed by atoms with Gasteiger partial charge in [-0.25, -0.2) is 18.1 Å². The number of hydrogen-bond donors (Lipinski definition) is 3. The van der Waals surface area contributed by atoms with Gasteiger partial charge in [-0.3, -0.25) is 23.4 Å². The van der Waals surface area contributed by atoms with Gasteiger partial charge < -0.3 is 19.5 Å². The van der Waals surface area contributed by atoms with Crippen LogP contribution in [0.2, 0.25) is 0 Å². The Morgan fingerprint density at radius 3 is 2.52 bits per heavy atom. The van der Waals surface area contributed by atoms with Crippen molar-refractivity contribution in [3.05, 3.63) is 55.5 Å². The fraction of sp³-hybridized carbons (Fsp3) is 0.560. The van der Waals surface area contributed by atoms with Gasteiger partial charge in [-0.15, -0.1) is 0 Å². The molecule has 0 aliphatic carbocycles. The third kappa shape index (κ3) is 5.46. The number of aliphatic hydroxyl groups is 2. The maximum absolute atomic E-state index is 16.3. The molecule has 1 saturated heterocycles. The van der Waals surface area contributed by atoms with Crippen molar-refractivity contribution in [3.8, 4) is 5.75 Å². The van der Waals surface area contributed by atoms with Crippen LogP contribution in [-0.2, 0) is 35.8 Å². The molecule has 40 heavy (non-hydrogen) atoms. The zero-order chi connectivity index (χ0) is 32.7. The third-order valence-corrected chi connectivity index (χ3v) is 7.82. The van der Waals surface area contributed by atoms with E-state index in [1.54, 1.807) is 41.5 Å². The number of rotatable bonds is 5. The van der Waals surface area contributed by atoms with Gasteiger partial charge >= 0.3 is 13.5 Å². The molecular weight excluding hydrogens is 573 g/mol. The molecule has 3 heterocycles. The van der Waals surface area contributed by atoms with Crippen LogP contribution in [0.5, 0.6) is 5.75 Å². The predicted molar refractivity (Wildman–Crippen MR) is 140 cm³/mol. The van der Waals surface area contributed by atoms with E-state index in [-0.39, 0.29) is 32.4 Å². The van der Waals surface area contributed by atoms with E-state index in [2.05, 4.69) is 0 Å². The third-order valence-electron chi connectivity index (χ3n) is 6.31. The lowest BCUT2D eigenvalue weighted by Crippen LogP contribution is -2.43. The summed E-state index contributed by atoms with van der Waals surface area (Å²) in [5.74, 6) is -5.18. The van der Waals surface area contributed by atoms with Crippen LogP contribution in [0.15, 0.2) is 17.1 Å². The van der Waals surface area contributed by atoms with Gasteiger partial charge in [-0.1, -0.05) is 53.8 Å². The van der Waals surface area contributed by atoms with Crippen molar-refractivity contribution in [1.82, 2.24) is 9.55 Å². The van der Waals surface area contributed by atoms with E-state index < -0.39 is 67.6 Å². The van der Waals surface area contributed by atoms with Gasteiger partial charge in [-0.05, 0) is 22.5 Å². The van der Waals surface area contributed by atoms with Crippen molar-refractivity contribution in [1.29, 1.82) is 0 Å². The molecule has 5 atom stereocenters. The number of hydrogen-bond acceptors (Lipinski definition) is 10. The van der Waals surface area contributed by atoms with Crippen molar-refractivity contribution in [2.24, 2.45) is 0 Å². The highest BCUT2D eigenvalue weighted by Crippen LogP contribution is 2.58. The second-order valence-corrected chi connectivity index (χ2v) is 13.3. The van der Waals surface area contributed by atoms with Gasteiger partial charge in [0.25, 0.3) is 5.85 Å². The smallest absolute Gasteiger partial charge is 0.403 e. The highest BCUT2D eigenvalue weighted by atomic mass is 32.1. The average molecular weight is 608 g/mol. The quantitative estimate of drug-likeness (QED) is 0.258. The van der Waals surface area contributed by atoms with Gasteiger partial charge in [-0.2, -0.15) is 0 Å². The highest BCUT2D eigenvalue weighted by molar-refractivity contribution is 7.71. The summed E-state index contributed by atoms with van der Waals surface area (Å²) >= 11 is 4.81. The number of halogens is 2. The van der Waals surface area contributed by atoms with Crippen molar-refractivity contribution in [2.45, 2.75) is 83.2 Å². The Bertz CT molecular complexity index is 1660. The van der Waals surface area contributed by atoms with Crippen LogP contribution in [0.25, 0.3) is 0 Å². The number of carbonyl (C=O) groups excluding carboxylic acids is 1. The normalized spacial score (nSPS) is 32.0. The number of phosphoric acid groups is 1. The Hall–Kier alpha value is -2.32. The molecule has 15 heteroatoms. The summed E-state index contributed by atoms with van der Waals surface area (Å²) in [6.07, 6.45) is -8.08. The van der Waals surface area contributed by atoms with Gasteiger partial charge in [0.05, 0.1) is 21.8 Å². The molecule has 2 aliphatic heterocycles. The number of nitrogens with zero attached hydrogens (tertiary/aromatic N) is 1. The minimum Gasteiger partial charge on any atom is -0.403 e. The topological polar surface area (TPSA) is 149 Å². The molecule has 1 aromatic heterocycles. The molecule has 1 fully saturated rings. The first-order chi connectivity index (χ1) is 19.4. The molecular formula is C25H31F2N2O9PS. The minimum absolute atomic E-state index is 0.132. The second-order valence-electron chi connectivity index (χ2n) is 11.4. The van der Waals surface area contributed by atoms with Crippen LogP contribution in [-0.4, -0.2) is 50.7 Å². The standard InChI is InChI=1S/C25H31F2N2O9PS/c1-23(2,3)14-7-15(24(4,5)6)18-13(16(14)26)10-35-39(34,38-18)36-11-25(27)19(32)17(31)21(37-25)29-8-12(9-30)20(40)28-22(29)33/h7-9,17,19,21,31-32H,10-11H2,1-6H3,(H,28,33,40)/t17-,19+,21-,25-,39?/m1/s1/i11D2,21D. The van der Waals surface area contributed by atoms with E-state index in [4.69, 9.17) is 34.6 Å². The molecule has 0 spiro atoms. The lowest BCUT2D eigenvalue weighted by Gasteiger charge is -2.34. The number of H-pyrrole nitrogens is 1.